The fraction of sp³-hybridized carbons (Fsp3) is 0.526. The van der Waals surface area contributed by atoms with Crippen molar-refractivity contribution in [1.82, 2.24) is 33.0 Å². The lowest BCUT2D eigenvalue weighted by molar-refractivity contribution is 0.331. The molecule has 172 valence electrons. The molecule has 4 heterocycles. The molecular weight excluding hydrogens is 452 g/mol. The second kappa shape index (κ2) is 9.55. The Morgan fingerprint density at radius 2 is 2.06 bits per heavy atom. The van der Waals surface area contributed by atoms with Gasteiger partial charge in [0.1, 0.15) is 18.3 Å². The Morgan fingerprint density at radius 3 is 2.75 bits per heavy atom. The van der Waals surface area contributed by atoms with Crippen LogP contribution in [0.15, 0.2) is 29.7 Å². The van der Waals surface area contributed by atoms with Gasteiger partial charge in [-0.15, -0.1) is 5.10 Å². The van der Waals surface area contributed by atoms with E-state index < -0.39 is 10.0 Å². The molecule has 0 aromatic carbocycles. The van der Waals surface area contributed by atoms with Crippen LogP contribution in [0.4, 0.5) is 5.95 Å². The molecule has 1 aliphatic rings. The quantitative estimate of drug-likeness (QED) is 0.474. The number of piperidine rings is 1. The highest BCUT2D eigenvalue weighted by Gasteiger charge is 2.25. The fourth-order valence-corrected chi connectivity index (χ4v) is 5.29. The van der Waals surface area contributed by atoms with E-state index in [0.717, 1.165) is 17.6 Å². The Balaban J connectivity index is 1.47. The van der Waals surface area contributed by atoms with Gasteiger partial charge in [-0.25, -0.2) is 22.7 Å². The van der Waals surface area contributed by atoms with E-state index in [9.17, 15) is 13.2 Å². The zero-order valence-corrected chi connectivity index (χ0v) is 19.6. The van der Waals surface area contributed by atoms with Gasteiger partial charge in [0.25, 0.3) is 5.56 Å². The summed E-state index contributed by atoms with van der Waals surface area (Å²) in [5.74, 6) is 1.23. The third-order valence-electron chi connectivity index (χ3n) is 5.41. The molecule has 3 aromatic heterocycles. The molecule has 4 rings (SSSR count). The highest BCUT2D eigenvalue weighted by molar-refractivity contribution is 7.97. The van der Waals surface area contributed by atoms with Gasteiger partial charge in [-0.1, -0.05) is 0 Å². The number of aryl methyl sites for hydroxylation is 2. The van der Waals surface area contributed by atoms with E-state index in [-0.39, 0.29) is 11.6 Å². The van der Waals surface area contributed by atoms with Gasteiger partial charge in [0.05, 0.1) is 6.26 Å². The van der Waals surface area contributed by atoms with Gasteiger partial charge in [0.2, 0.25) is 16.0 Å². The summed E-state index contributed by atoms with van der Waals surface area (Å²) >= 11 is 1.53. The third kappa shape index (κ3) is 5.27. The molecule has 0 spiro atoms. The normalized spacial score (nSPS) is 15.9. The van der Waals surface area contributed by atoms with Crippen molar-refractivity contribution in [3.63, 3.8) is 0 Å². The number of anilines is 1. The lowest BCUT2D eigenvalue weighted by Crippen LogP contribution is -2.42. The van der Waals surface area contributed by atoms with Crippen molar-refractivity contribution in [2.45, 2.75) is 38.8 Å². The summed E-state index contributed by atoms with van der Waals surface area (Å²) in [6, 6.07) is 1.89. The van der Waals surface area contributed by atoms with Crippen LogP contribution in [0.5, 0.6) is 0 Å². The number of hydrogen-bond donors (Lipinski definition) is 1. The van der Waals surface area contributed by atoms with Crippen molar-refractivity contribution in [2.75, 3.05) is 30.4 Å². The molecule has 0 amide bonds. The second-order valence-corrected chi connectivity index (χ2v) is 10.8. The van der Waals surface area contributed by atoms with Gasteiger partial charge >= 0.3 is 0 Å². The lowest BCUT2D eigenvalue weighted by atomic mass is 10.1. The predicted molar refractivity (Wildman–Crippen MR) is 124 cm³/mol. The van der Waals surface area contributed by atoms with Crippen LogP contribution in [0.25, 0.3) is 11.0 Å². The maximum atomic E-state index is 12.8. The maximum absolute atomic E-state index is 12.8. The van der Waals surface area contributed by atoms with Gasteiger partial charge in [0.15, 0.2) is 0 Å². The van der Waals surface area contributed by atoms with Crippen molar-refractivity contribution >= 4 is 39.0 Å². The molecule has 0 bridgehead atoms. The third-order valence-corrected chi connectivity index (χ3v) is 7.64. The summed E-state index contributed by atoms with van der Waals surface area (Å²) in [5.41, 5.74) is 1.19. The van der Waals surface area contributed by atoms with Crippen LogP contribution >= 0.6 is 11.9 Å². The van der Waals surface area contributed by atoms with Gasteiger partial charge in [-0.3, -0.25) is 9.36 Å². The molecule has 0 unspecified atom stereocenters. The van der Waals surface area contributed by atoms with Crippen LogP contribution in [0.2, 0.25) is 0 Å². The molecule has 1 saturated heterocycles. The molecule has 0 radical (unpaired) electrons. The number of rotatable bonds is 8. The summed E-state index contributed by atoms with van der Waals surface area (Å²) < 4.78 is 28.3. The molecule has 0 saturated carbocycles. The second-order valence-electron chi connectivity index (χ2n) is 7.82. The zero-order chi connectivity index (χ0) is 22.7. The number of pyridine rings is 1. The van der Waals surface area contributed by atoms with Gasteiger partial charge < -0.3 is 5.32 Å². The number of nitrogens with one attached hydrogen (secondary N) is 1. The van der Waals surface area contributed by atoms with Gasteiger partial charge in [-0.05, 0) is 44.2 Å². The first kappa shape index (κ1) is 22.7. The average molecular weight is 479 g/mol. The first-order valence-electron chi connectivity index (χ1n) is 10.4. The highest BCUT2D eigenvalue weighted by Crippen LogP contribution is 2.18. The summed E-state index contributed by atoms with van der Waals surface area (Å²) in [5, 5.41) is 8.18. The zero-order valence-electron chi connectivity index (χ0n) is 18.0. The van der Waals surface area contributed by atoms with Gasteiger partial charge in [-0.2, -0.15) is 9.07 Å². The van der Waals surface area contributed by atoms with Crippen molar-refractivity contribution in [2.24, 2.45) is 0 Å². The standard InChI is InChI=1S/C19H26N8O3S2/c1-14-10-15-11-21-19(23-16-4-7-25(8-5-16)32(2,29)30)24-17(15)26(18(14)28)6-3-9-31-27-13-20-12-22-27/h10-13,16H,3-9H2,1-2H3,(H,21,23,24). The van der Waals surface area contributed by atoms with Gasteiger partial charge in [0, 0.05) is 48.6 Å². The summed E-state index contributed by atoms with van der Waals surface area (Å²) in [6.07, 6.45) is 8.21. The monoisotopic (exact) mass is 478 g/mol. The summed E-state index contributed by atoms with van der Waals surface area (Å²) in [7, 11) is -3.17. The van der Waals surface area contributed by atoms with Crippen molar-refractivity contribution in [3.8, 4) is 0 Å². The molecule has 3 aromatic rings. The SMILES string of the molecule is Cc1cc2cnc(NC3CCN(S(C)(=O)=O)CC3)nc2n(CCCSn2cncn2)c1=O. The first-order valence-corrected chi connectivity index (χ1v) is 13.2. The van der Waals surface area contributed by atoms with Crippen molar-refractivity contribution in [1.29, 1.82) is 0 Å². The average Bonchev–Trinajstić information content (AvgIpc) is 3.27. The number of hydrogen-bond acceptors (Lipinski definition) is 9. The topological polar surface area (TPSA) is 128 Å². The maximum Gasteiger partial charge on any atom is 0.255 e. The van der Waals surface area contributed by atoms with E-state index >= 15 is 0 Å². The summed E-state index contributed by atoms with van der Waals surface area (Å²) in [4.78, 5) is 25.8. The molecule has 32 heavy (non-hydrogen) atoms. The Labute approximate surface area is 190 Å². The van der Waals surface area contributed by atoms with E-state index in [2.05, 4.69) is 25.4 Å². The van der Waals surface area contributed by atoms with Crippen LogP contribution in [0.1, 0.15) is 24.8 Å². The molecule has 11 nitrogen and oxygen atoms in total. The minimum atomic E-state index is -3.17. The molecular formula is C19H26N8O3S2. The molecule has 0 aliphatic carbocycles. The van der Waals surface area contributed by atoms with Crippen LogP contribution < -0.4 is 10.9 Å². The number of aromatic nitrogens is 6. The Bertz CT molecular complexity index is 1240. The van der Waals surface area contributed by atoms with Crippen LogP contribution in [-0.2, 0) is 16.6 Å². The van der Waals surface area contributed by atoms with Crippen LogP contribution in [-0.4, -0.2) is 72.6 Å². The van der Waals surface area contributed by atoms with Crippen LogP contribution in [0.3, 0.4) is 0 Å². The Morgan fingerprint density at radius 1 is 1.28 bits per heavy atom. The van der Waals surface area contributed by atoms with E-state index in [1.807, 2.05) is 6.07 Å². The molecule has 1 aliphatic heterocycles. The lowest BCUT2D eigenvalue weighted by Gasteiger charge is -2.30. The van der Waals surface area contributed by atoms with E-state index in [0.29, 0.717) is 49.6 Å². The molecule has 1 fully saturated rings. The fourth-order valence-electron chi connectivity index (χ4n) is 3.74. The Hall–Kier alpha value is -2.51. The molecule has 1 N–H and O–H groups in total. The molecule has 0 atom stereocenters. The van der Waals surface area contributed by atoms with E-state index in [1.165, 1.54) is 28.8 Å². The Kier molecular flexibility index (Phi) is 6.76. The van der Waals surface area contributed by atoms with E-state index in [4.69, 9.17) is 0 Å². The van der Waals surface area contributed by atoms with Crippen molar-refractivity contribution < 1.29 is 8.42 Å². The number of sulfonamides is 1. The minimum absolute atomic E-state index is 0.0608. The number of fused-ring (bicyclic) bond motifs is 1. The summed E-state index contributed by atoms with van der Waals surface area (Å²) in [6.45, 7) is 3.26. The minimum Gasteiger partial charge on any atom is -0.351 e. The van der Waals surface area contributed by atoms with E-state index in [1.54, 1.807) is 28.1 Å². The largest absolute Gasteiger partial charge is 0.351 e. The number of nitrogens with zero attached hydrogens (tertiary/aromatic N) is 7. The predicted octanol–water partition coefficient (Wildman–Crippen LogP) is 1.11. The smallest absolute Gasteiger partial charge is 0.255 e. The van der Waals surface area contributed by atoms with Crippen molar-refractivity contribution in [3.05, 3.63) is 40.8 Å². The van der Waals surface area contributed by atoms with Crippen LogP contribution in [0, 0.1) is 6.92 Å². The molecule has 13 heteroatoms. The first-order chi connectivity index (χ1) is 15.3. The highest BCUT2D eigenvalue weighted by atomic mass is 32.2.